The predicted molar refractivity (Wildman–Crippen MR) is 114 cm³/mol. The third-order valence-corrected chi connectivity index (χ3v) is 6.38. The third kappa shape index (κ3) is 4.63. The summed E-state index contributed by atoms with van der Waals surface area (Å²) in [7, 11) is 0. The number of carbonyl (C=O) groups excluding carboxylic acids is 3. The number of rotatable bonds is 3. The monoisotopic (exact) mass is 466 g/mol. The molecule has 2 aromatic rings. The minimum Gasteiger partial charge on any atom is -0.335 e. The summed E-state index contributed by atoms with van der Waals surface area (Å²) in [5, 5.41) is 4.27. The van der Waals surface area contributed by atoms with Crippen molar-refractivity contribution in [1.82, 2.24) is 9.80 Å². The third-order valence-electron chi connectivity index (χ3n) is 5.52. The Labute approximate surface area is 186 Å². The topological polar surface area (TPSA) is 73.0 Å². The molecule has 2 aliphatic rings. The Morgan fingerprint density at radius 2 is 1.78 bits per heavy atom. The lowest BCUT2D eigenvalue weighted by atomic mass is 10.1. The summed E-state index contributed by atoms with van der Waals surface area (Å²) < 4.78 is 41.5. The second-order valence-electron chi connectivity index (χ2n) is 7.64. The zero-order valence-corrected chi connectivity index (χ0v) is 17.8. The van der Waals surface area contributed by atoms with Gasteiger partial charge in [-0.05, 0) is 23.6 Å². The summed E-state index contributed by atoms with van der Waals surface area (Å²) in [5.41, 5.74) is 0.196. The van der Waals surface area contributed by atoms with Gasteiger partial charge in [-0.3, -0.25) is 24.2 Å². The van der Waals surface area contributed by atoms with Crippen molar-refractivity contribution in [3.05, 3.63) is 46.7 Å². The Morgan fingerprint density at radius 1 is 1.06 bits per heavy atom. The largest absolute Gasteiger partial charge is 0.409 e. The molecular weight excluding hydrogens is 445 g/mol. The Morgan fingerprint density at radius 3 is 2.44 bits per heavy atom. The first-order chi connectivity index (χ1) is 15.2. The van der Waals surface area contributed by atoms with Crippen molar-refractivity contribution in [3.63, 3.8) is 0 Å². The quantitative estimate of drug-likeness (QED) is 0.755. The molecule has 1 aromatic heterocycles. The molecule has 4 rings (SSSR count). The summed E-state index contributed by atoms with van der Waals surface area (Å²) in [6, 6.07) is 7.27. The lowest BCUT2D eigenvalue weighted by Crippen LogP contribution is -2.55. The smallest absolute Gasteiger partial charge is 0.335 e. The molecule has 0 aliphatic carbocycles. The fourth-order valence-corrected chi connectivity index (χ4v) is 4.62. The van der Waals surface area contributed by atoms with Gasteiger partial charge in [0.2, 0.25) is 11.8 Å². The van der Waals surface area contributed by atoms with Gasteiger partial charge in [-0.1, -0.05) is 18.2 Å². The molecular formula is C21H21F3N4O3S. The molecule has 0 saturated carbocycles. The zero-order valence-electron chi connectivity index (χ0n) is 17.0. The number of benzene rings is 1. The molecule has 1 aromatic carbocycles. The zero-order chi connectivity index (χ0) is 22.9. The van der Waals surface area contributed by atoms with Crippen LogP contribution in [-0.4, -0.2) is 72.5 Å². The van der Waals surface area contributed by atoms with Gasteiger partial charge < -0.3 is 10.2 Å². The standard InChI is InChI=1S/C21H21F3N4O3S/c22-21(23,24)17-12-18(29)25-14-4-1-2-5-15(14)28(17)19(30)13-26-7-9-27(10-8-26)20(31)16-6-3-11-32-16/h1-6,11,17H,7-10,12-13H2,(H,25,29). The van der Waals surface area contributed by atoms with Crippen LogP contribution in [0.1, 0.15) is 16.1 Å². The molecule has 0 bridgehead atoms. The SMILES string of the molecule is O=C1CC(C(F)(F)F)N(C(=O)CN2CCN(C(=O)c3cccs3)CC2)c2ccccc2N1. The van der Waals surface area contributed by atoms with Gasteiger partial charge in [0.25, 0.3) is 5.91 Å². The average molecular weight is 466 g/mol. The maximum Gasteiger partial charge on any atom is 0.409 e. The van der Waals surface area contributed by atoms with Crippen molar-refractivity contribution in [3.8, 4) is 0 Å². The molecule has 1 N–H and O–H groups in total. The molecule has 0 spiro atoms. The molecule has 7 nitrogen and oxygen atoms in total. The molecule has 32 heavy (non-hydrogen) atoms. The van der Waals surface area contributed by atoms with Crippen LogP contribution in [0.5, 0.6) is 0 Å². The predicted octanol–water partition coefficient (Wildman–Crippen LogP) is 2.81. The van der Waals surface area contributed by atoms with E-state index in [4.69, 9.17) is 0 Å². The van der Waals surface area contributed by atoms with E-state index in [0.717, 1.165) is 0 Å². The van der Waals surface area contributed by atoms with Gasteiger partial charge in [0.1, 0.15) is 6.04 Å². The average Bonchev–Trinajstić information content (AvgIpc) is 3.23. The summed E-state index contributed by atoms with van der Waals surface area (Å²) >= 11 is 1.35. The van der Waals surface area contributed by atoms with Crippen LogP contribution in [0.4, 0.5) is 24.5 Å². The number of thiophene rings is 1. The number of nitrogens with one attached hydrogen (secondary N) is 1. The van der Waals surface area contributed by atoms with E-state index >= 15 is 0 Å². The van der Waals surface area contributed by atoms with Crippen LogP contribution < -0.4 is 10.2 Å². The van der Waals surface area contributed by atoms with E-state index < -0.39 is 30.5 Å². The maximum absolute atomic E-state index is 13.8. The summed E-state index contributed by atoms with van der Waals surface area (Å²) in [6.07, 6.45) is -5.64. The van der Waals surface area contributed by atoms with Gasteiger partial charge >= 0.3 is 6.18 Å². The lowest BCUT2D eigenvalue weighted by molar-refractivity contribution is -0.158. The van der Waals surface area contributed by atoms with Gasteiger partial charge in [0.15, 0.2) is 0 Å². The number of amides is 3. The normalized spacial score (nSPS) is 19.8. The van der Waals surface area contributed by atoms with Gasteiger partial charge in [0.05, 0.1) is 29.2 Å². The highest BCUT2D eigenvalue weighted by molar-refractivity contribution is 7.12. The highest BCUT2D eigenvalue weighted by Crippen LogP contribution is 2.37. The number of fused-ring (bicyclic) bond motifs is 1. The first-order valence-electron chi connectivity index (χ1n) is 10.1. The van der Waals surface area contributed by atoms with E-state index in [9.17, 15) is 27.6 Å². The Hall–Kier alpha value is -2.92. The van der Waals surface area contributed by atoms with Crippen LogP contribution in [0.25, 0.3) is 0 Å². The second kappa shape index (κ2) is 8.91. The number of anilines is 2. The Kier molecular flexibility index (Phi) is 6.20. The number of hydrogen-bond acceptors (Lipinski definition) is 5. The molecule has 1 saturated heterocycles. The molecule has 170 valence electrons. The first kappa shape index (κ1) is 22.3. The highest BCUT2D eigenvalue weighted by Gasteiger charge is 2.49. The van der Waals surface area contributed by atoms with Crippen LogP contribution in [-0.2, 0) is 9.59 Å². The molecule has 3 amide bonds. The van der Waals surface area contributed by atoms with Crippen molar-refractivity contribution in [2.24, 2.45) is 0 Å². The summed E-state index contributed by atoms with van der Waals surface area (Å²) in [4.78, 5) is 42.4. The van der Waals surface area contributed by atoms with Crippen molar-refractivity contribution >= 4 is 40.4 Å². The van der Waals surface area contributed by atoms with Crippen LogP contribution in [0.2, 0.25) is 0 Å². The van der Waals surface area contributed by atoms with Gasteiger partial charge in [-0.2, -0.15) is 13.2 Å². The molecule has 2 aliphatic heterocycles. The molecule has 11 heteroatoms. The van der Waals surface area contributed by atoms with Crippen molar-refractivity contribution in [2.45, 2.75) is 18.6 Å². The number of alkyl halides is 3. The van der Waals surface area contributed by atoms with E-state index in [1.54, 1.807) is 28.0 Å². The fraction of sp³-hybridized carbons (Fsp3) is 0.381. The number of nitrogens with zero attached hydrogens (tertiary/aromatic N) is 3. The van der Waals surface area contributed by atoms with E-state index in [2.05, 4.69) is 5.32 Å². The van der Waals surface area contributed by atoms with Crippen molar-refractivity contribution in [2.75, 3.05) is 42.9 Å². The van der Waals surface area contributed by atoms with Crippen molar-refractivity contribution < 1.29 is 27.6 Å². The van der Waals surface area contributed by atoms with Crippen LogP contribution in [0.15, 0.2) is 41.8 Å². The van der Waals surface area contributed by atoms with E-state index in [-0.39, 0.29) is 23.8 Å². The molecule has 3 heterocycles. The Bertz CT molecular complexity index is 1000. The summed E-state index contributed by atoms with van der Waals surface area (Å²) in [6.45, 7) is 1.25. The van der Waals surface area contributed by atoms with Gasteiger partial charge in [-0.25, -0.2) is 0 Å². The van der Waals surface area contributed by atoms with E-state index in [0.29, 0.717) is 36.0 Å². The van der Waals surface area contributed by atoms with E-state index in [1.165, 1.54) is 29.5 Å². The summed E-state index contributed by atoms with van der Waals surface area (Å²) in [5.74, 6) is -1.63. The van der Waals surface area contributed by atoms with Crippen LogP contribution in [0, 0.1) is 0 Å². The Balaban J connectivity index is 1.49. The molecule has 1 atom stereocenters. The number of hydrogen-bond donors (Lipinski definition) is 1. The number of carbonyl (C=O) groups is 3. The van der Waals surface area contributed by atoms with Crippen LogP contribution >= 0.6 is 11.3 Å². The molecule has 0 radical (unpaired) electrons. The second-order valence-corrected chi connectivity index (χ2v) is 8.58. The minimum absolute atomic E-state index is 0.0252. The number of halogens is 3. The highest BCUT2D eigenvalue weighted by atomic mass is 32.1. The fourth-order valence-electron chi connectivity index (χ4n) is 3.93. The maximum atomic E-state index is 13.8. The number of para-hydroxylation sites is 2. The van der Waals surface area contributed by atoms with Crippen molar-refractivity contribution in [1.29, 1.82) is 0 Å². The lowest BCUT2D eigenvalue weighted by Gasteiger charge is -2.37. The number of piperazine rings is 1. The van der Waals surface area contributed by atoms with Crippen LogP contribution in [0.3, 0.4) is 0 Å². The van der Waals surface area contributed by atoms with Gasteiger partial charge in [-0.15, -0.1) is 11.3 Å². The molecule has 1 fully saturated rings. The van der Waals surface area contributed by atoms with E-state index in [1.807, 2.05) is 5.38 Å². The first-order valence-corrected chi connectivity index (χ1v) is 10.9. The molecule has 1 unspecified atom stereocenters. The minimum atomic E-state index is -4.77. The van der Waals surface area contributed by atoms with Gasteiger partial charge in [0, 0.05) is 26.2 Å².